The molecule has 4 amide bonds. The Bertz CT molecular complexity index is 1180. The van der Waals surface area contributed by atoms with E-state index in [-0.39, 0.29) is 24.9 Å². The summed E-state index contributed by atoms with van der Waals surface area (Å²) >= 11 is 1.66. The minimum absolute atomic E-state index is 0.120. The van der Waals surface area contributed by atoms with Crippen LogP contribution >= 0.6 is 11.8 Å². The summed E-state index contributed by atoms with van der Waals surface area (Å²) in [6, 6.07) is 10.9. The zero-order chi connectivity index (χ0) is 24.1. The number of benzene rings is 1. The molecular formula is C23H26N6O4S. The van der Waals surface area contributed by atoms with E-state index in [2.05, 4.69) is 20.8 Å². The van der Waals surface area contributed by atoms with Gasteiger partial charge < -0.3 is 15.4 Å². The van der Waals surface area contributed by atoms with E-state index in [0.717, 1.165) is 16.2 Å². The van der Waals surface area contributed by atoms with Crippen molar-refractivity contribution in [2.24, 2.45) is 0 Å². The molecule has 4 rings (SSSR count). The SMILES string of the molecule is COc1ccc(CN2C(=O)N[C@H](CC(=O)N[C@@H](CCSC)c3nnc4ccccn34)C2=O)cc1. The van der Waals surface area contributed by atoms with Crippen LogP contribution in [-0.2, 0) is 16.1 Å². The summed E-state index contributed by atoms with van der Waals surface area (Å²) in [4.78, 5) is 39.3. The number of urea groups is 1. The maximum atomic E-state index is 12.9. The van der Waals surface area contributed by atoms with Gasteiger partial charge in [0, 0.05) is 6.20 Å². The summed E-state index contributed by atoms with van der Waals surface area (Å²) in [7, 11) is 1.57. The summed E-state index contributed by atoms with van der Waals surface area (Å²) in [6.45, 7) is 0.120. The molecule has 10 nitrogen and oxygen atoms in total. The number of ether oxygens (including phenoxy) is 1. The number of imide groups is 1. The predicted molar refractivity (Wildman–Crippen MR) is 127 cm³/mol. The van der Waals surface area contributed by atoms with Crippen LogP contribution in [0.1, 0.15) is 30.3 Å². The van der Waals surface area contributed by atoms with Crippen LogP contribution in [0.15, 0.2) is 48.7 Å². The number of methoxy groups -OCH3 is 1. The van der Waals surface area contributed by atoms with E-state index in [1.54, 1.807) is 43.1 Å². The minimum Gasteiger partial charge on any atom is -0.497 e. The van der Waals surface area contributed by atoms with Crippen molar-refractivity contribution < 1.29 is 19.1 Å². The number of rotatable bonds is 10. The molecule has 0 bridgehead atoms. The van der Waals surface area contributed by atoms with E-state index in [1.165, 1.54) is 0 Å². The van der Waals surface area contributed by atoms with Crippen molar-refractivity contribution >= 4 is 35.3 Å². The molecule has 0 unspecified atom stereocenters. The second kappa shape index (κ2) is 10.6. The molecular weight excluding hydrogens is 456 g/mol. The molecule has 2 N–H and O–H groups in total. The Kier molecular flexibility index (Phi) is 7.31. The minimum atomic E-state index is -0.915. The van der Waals surface area contributed by atoms with Crippen LogP contribution in [0.5, 0.6) is 5.75 Å². The lowest BCUT2D eigenvalue weighted by molar-refractivity contribution is -0.131. The Labute approximate surface area is 201 Å². The third-order valence-electron chi connectivity index (χ3n) is 5.59. The lowest BCUT2D eigenvalue weighted by Gasteiger charge is -2.18. The van der Waals surface area contributed by atoms with E-state index in [9.17, 15) is 14.4 Å². The number of hydrogen-bond donors (Lipinski definition) is 2. The van der Waals surface area contributed by atoms with E-state index in [1.807, 2.05) is 35.1 Å². The highest BCUT2D eigenvalue weighted by molar-refractivity contribution is 7.98. The number of nitrogens with one attached hydrogen (secondary N) is 2. The molecule has 1 aliphatic heterocycles. The van der Waals surface area contributed by atoms with Gasteiger partial charge in [0.2, 0.25) is 5.91 Å². The summed E-state index contributed by atoms with van der Waals surface area (Å²) in [5.41, 5.74) is 1.47. The van der Waals surface area contributed by atoms with E-state index < -0.39 is 18.0 Å². The van der Waals surface area contributed by atoms with Crippen LogP contribution in [0.4, 0.5) is 4.79 Å². The van der Waals surface area contributed by atoms with Gasteiger partial charge in [-0.1, -0.05) is 18.2 Å². The average Bonchev–Trinajstić information content (AvgIpc) is 3.39. The fourth-order valence-corrected chi connectivity index (χ4v) is 4.29. The monoisotopic (exact) mass is 482 g/mol. The third kappa shape index (κ3) is 5.14. The molecule has 0 radical (unpaired) electrons. The lowest BCUT2D eigenvalue weighted by Crippen LogP contribution is -2.38. The molecule has 0 spiro atoms. The molecule has 0 aliphatic carbocycles. The molecule has 0 saturated carbocycles. The average molecular weight is 483 g/mol. The quantitative estimate of drug-likeness (QED) is 0.425. The largest absolute Gasteiger partial charge is 0.497 e. The number of pyridine rings is 1. The number of amides is 4. The molecule has 178 valence electrons. The maximum Gasteiger partial charge on any atom is 0.325 e. The Morgan fingerprint density at radius 2 is 2.00 bits per heavy atom. The number of carbonyl (C=O) groups is 3. The summed E-state index contributed by atoms with van der Waals surface area (Å²) in [5, 5.41) is 14.0. The fourth-order valence-electron chi connectivity index (χ4n) is 3.82. The molecule has 1 aromatic carbocycles. The smallest absolute Gasteiger partial charge is 0.325 e. The number of fused-ring (bicyclic) bond motifs is 1. The predicted octanol–water partition coefficient (Wildman–Crippen LogP) is 2.16. The van der Waals surface area contributed by atoms with Crippen molar-refractivity contribution in [1.82, 2.24) is 30.1 Å². The van der Waals surface area contributed by atoms with Crippen molar-refractivity contribution in [1.29, 1.82) is 0 Å². The molecule has 2 aromatic heterocycles. The number of thioether (sulfide) groups is 1. The maximum absolute atomic E-state index is 12.9. The van der Waals surface area contributed by atoms with Crippen molar-refractivity contribution in [2.75, 3.05) is 19.1 Å². The van der Waals surface area contributed by atoms with Gasteiger partial charge in [0.1, 0.15) is 11.8 Å². The Morgan fingerprint density at radius 3 is 2.74 bits per heavy atom. The van der Waals surface area contributed by atoms with Gasteiger partial charge in [-0.15, -0.1) is 10.2 Å². The van der Waals surface area contributed by atoms with Gasteiger partial charge in [-0.05, 0) is 48.3 Å². The van der Waals surface area contributed by atoms with Crippen LogP contribution in [-0.4, -0.2) is 62.5 Å². The zero-order valence-electron chi connectivity index (χ0n) is 18.9. The Hall–Kier alpha value is -3.60. The van der Waals surface area contributed by atoms with Crippen LogP contribution in [0.25, 0.3) is 5.65 Å². The zero-order valence-corrected chi connectivity index (χ0v) is 19.7. The van der Waals surface area contributed by atoms with Gasteiger partial charge in [0.15, 0.2) is 11.5 Å². The van der Waals surface area contributed by atoms with E-state index in [0.29, 0.717) is 23.6 Å². The highest BCUT2D eigenvalue weighted by Gasteiger charge is 2.39. The standard InChI is InChI=1S/C23H26N6O4S/c1-33-16-8-6-15(7-9-16)14-29-22(31)18(25-23(29)32)13-20(30)24-17(10-12-34-2)21-27-26-19-5-3-4-11-28(19)21/h3-9,11,17-18H,10,12-14H2,1-2H3,(H,24,30)(H,25,32)/t17-,18+/m0/s1. The van der Waals surface area contributed by atoms with Crippen molar-refractivity contribution in [3.63, 3.8) is 0 Å². The van der Waals surface area contributed by atoms with Gasteiger partial charge in [0.05, 0.1) is 26.1 Å². The summed E-state index contributed by atoms with van der Waals surface area (Å²) in [6.07, 6.45) is 4.33. The molecule has 2 atom stereocenters. The Balaban J connectivity index is 1.41. The number of hydrogen-bond acceptors (Lipinski definition) is 7. The van der Waals surface area contributed by atoms with Gasteiger partial charge in [-0.3, -0.25) is 18.9 Å². The molecule has 1 fully saturated rings. The molecule has 34 heavy (non-hydrogen) atoms. The van der Waals surface area contributed by atoms with Crippen molar-refractivity contribution in [3.05, 3.63) is 60.0 Å². The molecule has 3 heterocycles. The van der Waals surface area contributed by atoms with Gasteiger partial charge >= 0.3 is 6.03 Å². The molecule has 1 aliphatic rings. The van der Waals surface area contributed by atoms with Gasteiger partial charge in [0.25, 0.3) is 5.91 Å². The first-order valence-electron chi connectivity index (χ1n) is 10.8. The number of aromatic nitrogens is 3. The van der Waals surface area contributed by atoms with E-state index >= 15 is 0 Å². The molecule has 11 heteroatoms. The van der Waals surface area contributed by atoms with Crippen LogP contribution in [0.2, 0.25) is 0 Å². The highest BCUT2D eigenvalue weighted by atomic mass is 32.2. The third-order valence-corrected chi connectivity index (χ3v) is 6.24. The van der Waals surface area contributed by atoms with Crippen molar-refractivity contribution in [2.45, 2.75) is 31.5 Å². The van der Waals surface area contributed by atoms with Crippen LogP contribution < -0.4 is 15.4 Å². The molecule has 3 aromatic rings. The topological polar surface area (TPSA) is 118 Å². The van der Waals surface area contributed by atoms with Crippen molar-refractivity contribution in [3.8, 4) is 5.75 Å². The second-order valence-electron chi connectivity index (χ2n) is 7.87. The van der Waals surface area contributed by atoms with Gasteiger partial charge in [-0.2, -0.15) is 11.8 Å². The first-order valence-corrected chi connectivity index (χ1v) is 12.2. The highest BCUT2D eigenvalue weighted by Crippen LogP contribution is 2.20. The van der Waals surface area contributed by atoms with Gasteiger partial charge in [-0.25, -0.2) is 4.79 Å². The second-order valence-corrected chi connectivity index (χ2v) is 8.85. The summed E-state index contributed by atoms with van der Waals surface area (Å²) in [5.74, 6) is 1.35. The lowest BCUT2D eigenvalue weighted by atomic mass is 10.1. The first kappa shape index (κ1) is 23.6. The van der Waals surface area contributed by atoms with Crippen LogP contribution in [0.3, 0.4) is 0 Å². The normalized spacial score (nSPS) is 16.5. The summed E-state index contributed by atoms with van der Waals surface area (Å²) < 4.78 is 6.97. The van der Waals surface area contributed by atoms with E-state index in [4.69, 9.17) is 4.74 Å². The van der Waals surface area contributed by atoms with Crippen LogP contribution in [0, 0.1) is 0 Å². The Morgan fingerprint density at radius 1 is 1.21 bits per heavy atom. The number of nitrogens with zero attached hydrogens (tertiary/aromatic N) is 4. The number of carbonyl (C=O) groups excluding carboxylic acids is 3. The fraction of sp³-hybridized carbons (Fsp3) is 0.348. The first-order chi connectivity index (χ1) is 16.5. The molecule has 1 saturated heterocycles.